The maximum atomic E-state index is 11.5. The number of alkyl halides is 1. The van der Waals surface area contributed by atoms with E-state index in [0.29, 0.717) is 5.92 Å². The highest BCUT2D eigenvalue weighted by atomic mass is 79.9. The van der Waals surface area contributed by atoms with Crippen LogP contribution in [0.3, 0.4) is 0 Å². The minimum absolute atomic E-state index is 0.244. The zero-order valence-electron chi connectivity index (χ0n) is 9.72. The van der Waals surface area contributed by atoms with Gasteiger partial charge < -0.3 is 9.90 Å². The summed E-state index contributed by atoms with van der Waals surface area (Å²) in [6, 6.07) is 0. The van der Waals surface area contributed by atoms with Gasteiger partial charge in [0.05, 0.1) is 0 Å². The number of rotatable bonds is 2. The first kappa shape index (κ1) is 11.1. The lowest BCUT2D eigenvalue weighted by molar-refractivity contribution is -0.331. The first-order valence-corrected chi connectivity index (χ1v) is 7.31. The van der Waals surface area contributed by atoms with Crippen LogP contribution in [0.2, 0.25) is 0 Å². The van der Waals surface area contributed by atoms with Gasteiger partial charge in [-0.2, -0.15) is 0 Å². The smallest absolute Gasteiger partial charge is 0.0476 e. The first-order valence-electron chi connectivity index (χ1n) is 6.19. The Morgan fingerprint density at radius 3 is 2.62 bits per heavy atom. The van der Waals surface area contributed by atoms with E-state index in [2.05, 4.69) is 22.9 Å². The SMILES string of the molecule is C[C@]12C[C@H]3C[C@](CBr)(C1)C[C@@](C(=O)[O-])(C3)C2. The van der Waals surface area contributed by atoms with E-state index < -0.39 is 11.4 Å². The fraction of sp³-hybridized carbons (Fsp3) is 0.923. The van der Waals surface area contributed by atoms with Crippen LogP contribution < -0.4 is 5.11 Å². The Labute approximate surface area is 105 Å². The minimum Gasteiger partial charge on any atom is -0.550 e. The van der Waals surface area contributed by atoms with Crippen molar-refractivity contribution in [2.75, 3.05) is 5.33 Å². The quantitative estimate of drug-likeness (QED) is 0.729. The summed E-state index contributed by atoms with van der Waals surface area (Å²) in [5, 5.41) is 12.5. The van der Waals surface area contributed by atoms with Crippen molar-refractivity contribution >= 4 is 21.9 Å². The van der Waals surface area contributed by atoms with Crippen molar-refractivity contribution in [3.63, 3.8) is 0 Å². The van der Waals surface area contributed by atoms with Crippen LogP contribution in [0.1, 0.15) is 45.4 Å². The maximum Gasteiger partial charge on any atom is 0.0476 e. The molecule has 0 amide bonds. The van der Waals surface area contributed by atoms with E-state index in [-0.39, 0.29) is 10.8 Å². The predicted molar refractivity (Wildman–Crippen MR) is 63.0 cm³/mol. The molecule has 16 heavy (non-hydrogen) atoms. The summed E-state index contributed by atoms with van der Waals surface area (Å²) in [7, 11) is 0. The second-order valence-corrected chi connectivity index (χ2v) is 7.58. The van der Waals surface area contributed by atoms with E-state index in [1.54, 1.807) is 0 Å². The molecule has 0 aromatic rings. The zero-order chi connectivity index (χ0) is 11.6. The molecule has 0 radical (unpaired) electrons. The van der Waals surface area contributed by atoms with E-state index >= 15 is 0 Å². The van der Waals surface area contributed by atoms with E-state index in [4.69, 9.17) is 0 Å². The molecule has 4 rings (SSSR count). The number of carbonyl (C=O) groups is 1. The molecule has 0 aliphatic heterocycles. The summed E-state index contributed by atoms with van der Waals surface area (Å²) in [5.74, 6) is -0.162. The number of carboxylic acids is 1. The van der Waals surface area contributed by atoms with Gasteiger partial charge in [0, 0.05) is 16.7 Å². The van der Waals surface area contributed by atoms with Crippen LogP contribution >= 0.6 is 15.9 Å². The molecule has 0 aromatic heterocycles. The molecule has 4 fully saturated rings. The standard InChI is InChI=1S/C13H19BrO2/c1-11-2-9-3-12(5-11,8-14)7-13(4-9,6-11)10(15)16/h9H,2-8H2,1H3,(H,15,16)/p-1/t9-,11-,12-,13+/m0/s1. The molecule has 0 saturated heterocycles. The Kier molecular flexibility index (Phi) is 2.10. The predicted octanol–water partition coefficient (Wildman–Crippen LogP) is 2.11. The second-order valence-electron chi connectivity index (χ2n) is 7.02. The lowest BCUT2D eigenvalue weighted by Gasteiger charge is -2.66. The van der Waals surface area contributed by atoms with Gasteiger partial charge in [0.2, 0.25) is 0 Å². The number of halogens is 1. The Balaban J connectivity index is 2.04. The van der Waals surface area contributed by atoms with Gasteiger partial charge in [-0.05, 0) is 55.3 Å². The van der Waals surface area contributed by atoms with Gasteiger partial charge in [-0.1, -0.05) is 22.9 Å². The third kappa shape index (κ3) is 1.33. The van der Waals surface area contributed by atoms with Crippen LogP contribution in [-0.4, -0.2) is 11.3 Å². The highest BCUT2D eigenvalue weighted by Gasteiger charge is 2.61. The van der Waals surface area contributed by atoms with Crippen LogP contribution in [0, 0.1) is 22.2 Å². The van der Waals surface area contributed by atoms with Gasteiger partial charge in [-0.15, -0.1) is 0 Å². The molecule has 4 aliphatic rings. The van der Waals surface area contributed by atoms with Gasteiger partial charge in [-0.3, -0.25) is 0 Å². The number of aliphatic carboxylic acids is 1. The lowest BCUT2D eigenvalue weighted by atomic mass is 9.40. The van der Waals surface area contributed by atoms with Crippen LogP contribution in [0.5, 0.6) is 0 Å². The molecular weight excluding hydrogens is 268 g/mol. The van der Waals surface area contributed by atoms with Crippen molar-refractivity contribution in [2.24, 2.45) is 22.2 Å². The Morgan fingerprint density at radius 2 is 2.06 bits per heavy atom. The summed E-state index contributed by atoms with van der Waals surface area (Å²) >= 11 is 3.62. The highest BCUT2D eigenvalue weighted by molar-refractivity contribution is 9.09. The average Bonchev–Trinajstić information content (AvgIpc) is 2.13. The monoisotopic (exact) mass is 285 g/mol. The van der Waals surface area contributed by atoms with Crippen molar-refractivity contribution in [1.82, 2.24) is 0 Å². The summed E-state index contributed by atoms with van der Waals surface area (Å²) in [6.07, 6.45) is 6.24. The van der Waals surface area contributed by atoms with Crippen LogP contribution in [0.4, 0.5) is 0 Å². The second kappa shape index (κ2) is 3.04. The average molecular weight is 286 g/mol. The first-order chi connectivity index (χ1) is 7.41. The molecule has 0 spiro atoms. The molecule has 3 heteroatoms. The number of hydrogen-bond acceptors (Lipinski definition) is 2. The van der Waals surface area contributed by atoms with E-state index in [0.717, 1.165) is 24.6 Å². The molecule has 4 atom stereocenters. The van der Waals surface area contributed by atoms with Gasteiger partial charge >= 0.3 is 0 Å². The molecule has 0 unspecified atom stereocenters. The number of carbonyl (C=O) groups excluding carboxylic acids is 1. The van der Waals surface area contributed by atoms with Crippen molar-refractivity contribution in [3.8, 4) is 0 Å². The maximum absolute atomic E-state index is 11.5. The summed E-state index contributed by atoms with van der Waals surface area (Å²) in [4.78, 5) is 11.5. The van der Waals surface area contributed by atoms with Gasteiger partial charge in [-0.25, -0.2) is 0 Å². The number of carboxylic acid groups (broad SMARTS) is 1. The van der Waals surface area contributed by atoms with Crippen molar-refractivity contribution in [3.05, 3.63) is 0 Å². The highest BCUT2D eigenvalue weighted by Crippen LogP contribution is 2.69. The van der Waals surface area contributed by atoms with E-state index in [1.807, 2.05) is 0 Å². The molecule has 4 aliphatic carbocycles. The Bertz CT molecular complexity index is 356. The molecule has 0 heterocycles. The zero-order valence-corrected chi connectivity index (χ0v) is 11.3. The summed E-state index contributed by atoms with van der Waals surface area (Å²) in [5.41, 5.74) is 0.00340. The largest absolute Gasteiger partial charge is 0.550 e. The Hall–Kier alpha value is -0.0500. The molecule has 4 saturated carbocycles. The third-order valence-corrected chi connectivity index (χ3v) is 6.37. The summed E-state index contributed by atoms with van der Waals surface area (Å²) < 4.78 is 0. The van der Waals surface area contributed by atoms with Gasteiger partial charge in [0.1, 0.15) is 0 Å². The normalized spacial score (nSPS) is 54.2. The summed E-state index contributed by atoms with van der Waals surface area (Å²) in [6.45, 7) is 2.28. The molecule has 4 bridgehead atoms. The van der Waals surface area contributed by atoms with Crippen LogP contribution in [0.15, 0.2) is 0 Å². The molecule has 90 valence electrons. The van der Waals surface area contributed by atoms with E-state index in [9.17, 15) is 9.90 Å². The topological polar surface area (TPSA) is 40.1 Å². The fourth-order valence-corrected chi connectivity index (χ4v) is 6.14. The molecule has 0 aromatic carbocycles. The molecule has 0 N–H and O–H groups in total. The van der Waals surface area contributed by atoms with Crippen LogP contribution in [0.25, 0.3) is 0 Å². The minimum atomic E-state index is -0.784. The fourth-order valence-electron chi connectivity index (χ4n) is 5.52. The lowest BCUT2D eigenvalue weighted by Crippen LogP contribution is -2.61. The van der Waals surface area contributed by atoms with Crippen molar-refractivity contribution < 1.29 is 9.90 Å². The van der Waals surface area contributed by atoms with Crippen molar-refractivity contribution in [1.29, 1.82) is 0 Å². The Morgan fingerprint density at radius 1 is 1.31 bits per heavy atom. The van der Waals surface area contributed by atoms with Gasteiger partial charge in [0.25, 0.3) is 0 Å². The number of hydrogen-bond donors (Lipinski definition) is 0. The third-order valence-electron chi connectivity index (χ3n) is 5.18. The molecular formula is C13H18BrO2-. The van der Waals surface area contributed by atoms with Crippen molar-refractivity contribution in [2.45, 2.75) is 45.4 Å². The van der Waals surface area contributed by atoms with E-state index in [1.165, 1.54) is 19.3 Å². The molecule has 2 nitrogen and oxygen atoms in total. The van der Waals surface area contributed by atoms with Gasteiger partial charge in [0.15, 0.2) is 0 Å². The van der Waals surface area contributed by atoms with Crippen LogP contribution in [-0.2, 0) is 4.79 Å².